The van der Waals surface area contributed by atoms with E-state index in [-0.39, 0.29) is 6.04 Å². The maximum absolute atomic E-state index is 11.9. The third-order valence-electron chi connectivity index (χ3n) is 5.45. The lowest BCUT2D eigenvalue weighted by atomic mass is 10.1. The molecule has 2 N–H and O–H groups in total. The van der Waals surface area contributed by atoms with Crippen LogP contribution in [0.3, 0.4) is 0 Å². The van der Waals surface area contributed by atoms with Crippen molar-refractivity contribution in [2.75, 3.05) is 46.6 Å². The van der Waals surface area contributed by atoms with E-state index in [4.69, 9.17) is 4.74 Å². The molecule has 0 bridgehead atoms. The molecule has 8 heteroatoms. The normalized spacial score (nSPS) is 17.4. The molecule has 1 fully saturated rings. The predicted octanol–water partition coefficient (Wildman–Crippen LogP) is 1.82. The standard InChI is InChI=1S/C20H34N4O3S/c1-20(2,28(5,25)26)15-23-19(21-3)22-14-18(24-12-6-7-13-24)16-8-10-17(27-4)11-9-16/h8-11,18H,6-7,12-15H2,1-5H3,(H2,21,22,23). The Morgan fingerprint density at radius 2 is 1.82 bits per heavy atom. The second-order valence-corrected chi connectivity index (χ2v) is 10.5. The fourth-order valence-corrected chi connectivity index (χ4v) is 3.51. The van der Waals surface area contributed by atoms with Crippen LogP contribution < -0.4 is 15.4 Å². The Morgan fingerprint density at radius 1 is 1.21 bits per heavy atom. The largest absolute Gasteiger partial charge is 0.497 e. The number of aliphatic imine (C=N–C) groups is 1. The highest BCUT2D eigenvalue weighted by atomic mass is 32.2. The van der Waals surface area contributed by atoms with E-state index in [1.807, 2.05) is 12.1 Å². The highest BCUT2D eigenvalue weighted by Gasteiger charge is 2.30. The van der Waals surface area contributed by atoms with E-state index >= 15 is 0 Å². The Bertz CT molecular complexity index is 754. The fourth-order valence-electron chi connectivity index (χ4n) is 3.18. The van der Waals surface area contributed by atoms with E-state index in [0.717, 1.165) is 18.8 Å². The Morgan fingerprint density at radius 3 is 2.32 bits per heavy atom. The quantitative estimate of drug-likeness (QED) is 0.502. The zero-order chi connectivity index (χ0) is 20.8. The third-order valence-corrected chi connectivity index (χ3v) is 7.61. The number of guanidine groups is 1. The summed E-state index contributed by atoms with van der Waals surface area (Å²) in [4.78, 5) is 6.73. The number of rotatable bonds is 8. The molecule has 0 aromatic heterocycles. The topological polar surface area (TPSA) is 83.0 Å². The number of nitrogens with one attached hydrogen (secondary N) is 2. The van der Waals surface area contributed by atoms with Gasteiger partial charge in [0.2, 0.25) is 0 Å². The lowest BCUT2D eigenvalue weighted by Gasteiger charge is -2.30. The number of benzene rings is 1. The van der Waals surface area contributed by atoms with Gasteiger partial charge in [0.15, 0.2) is 15.8 Å². The van der Waals surface area contributed by atoms with Crippen LogP contribution in [-0.4, -0.2) is 70.6 Å². The lowest BCUT2D eigenvalue weighted by Crippen LogP contribution is -2.49. The summed E-state index contributed by atoms with van der Waals surface area (Å²) in [5.74, 6) is 1.45. The Kier molecular flexibility index (Phi) is 7.71. The van der Waals surface area contributed by atoms with Crippen LogP contribution in [0.5, 0.6) is 5.75 Å². The van der Waals surface area contributed by atoms with E-state index in [1.165, 1.54) is 24.7 Å². The molecule has 1 aromatic rings. The molecule has 0 spiro atoms. The van der Waals surface area contributed by atoms with E-state index in [0.29, 0.717) is 19.0 Å². The van der Waals surface area contributed by atoms with E-state index in [9.17, 15) is 8.42 Å². The number of sulfone groups is 1. The van der Waals surface area contributed by atoms with Gasteiger partial charge in [-0.1, -0.05) is 12.1 Å². The first kappa shape index (κ1) is 22.5. The van der Waals surface area contributed by atoms with Crippen molar-refractivity contribution in [2.45, 2.75) is 37.5 Å². The Balaban J connectivity index is 2.04. The van der Waals surface area contributed by atoms with Gasteiger partial charge in [0.05, 0.1) is 17.9 Å². The van der Waals surface area contributed by atoms with Gasteiger partial charge in [0.1, 0.15) is 5.75 Å². The van der Waals surface area contributed by atoms with Gasteiger partial charge in [0, 0.05) is 26.4 Å². The van der Waals surface area contributed by atoms with Gasteiger partial charge in [-0.3, -0.25) is 9.89 Å². The molecule has 2 rings (SSSR count). The molecule has 158 valence electrons. The zero-order valence-corrected chi connectivity index (χ0v) is 18.5. The second kappa shape index (κ2) is 9.60. The maximum atomic E-state index is 11.9. The smallest absolute Gasteiger partial charge is 0.191 e. The molecule has 7 nitrogen and oxygen atoms in total. The van der Waals surface area contributed by atoms with Crippen LogP contribution >= 0.6 is 0 Å². The zero-order valence-electron chi connectivity index (χ0n) is 17.7. The molecule has 1 saturated heterocycles. The lowest BCUT2D eigenvalue weighted by molar-refractivity contribution is 0.245. The van der Waals surface area contributed by atoms with Gasteiger partial charge < -0.3 is 15.4 Å². The molecule has 1 atom stereocenters. The van der Waals surface area contributed by atoms with Crippen LogP contribution in [0, 0.1) is 0 Å². The van der Waals surface area contributed by atoms with E-state index in [1.54, 1.807) is 28.0 Å². The monoisotopic (exact) mass is 410 g/mol. The Hall–Kier alpha value is -1.80. The van der Waals surface area contributed by atoms with Crippen LogP contribution in [0.4, 0.5) is 0 Å². The highest BCUT2D eigenvalue weighted by molar-refractivity contribution is 7.92. The van der Waals surface area contributed by atoms with Crippen LogP contribution in [0.2, 0.25) is 0 Å². The SMILES string of the molecule is CN=C(NCC(c1ccc(OC)cc1)N1CCCC1)NCC(C)(C)S(C)(=O)=O. The van der Waals surface area contributed by atoms with Gasteiger partial charge in [-0.15, -0.1) is 0 Å². The summed E-state index contributed by atoms with van der Waals surface area (Å²) in [6.07, 6.45) is 3.68. The van der Waals surface area contributed by atoms with Crippen molar-refractivity contribution in [1.29, 1.82) is 0 Å². The number of hydrogen-bond acceptors (Lipinski definition) is 5. The van der Waals surface area contributed by atoms with Crippen molar-refractivity contribution in [1.82, 2.24) is 15.5 Å². The van der Waals surface area contributed by atoms with Gasteiger partial charge in [0.25, 0.3) is 0 Å². The average Bonchev–Trinajstić information content (AvgIpc) is 3.18. The van der Waals surface area contributed by atoms with Crippen LogP contribution in [0.25, 0.3) is 0 Å². The average molecular weight is 411 g/mol. The molecule has 1 aliphatic rings. The molecule has 1 aromatic carbocycles. The van der Waals surface area contributed by atoms with Crippen LogP contribution in [0.1, 0.15) is 38.3 Å². The maximum Gasteiger partial charge on any atom is 0.191 e. The van der Waals surface area contributed by atoms with Crippen molar-refractivity contribution in [3.63, 3.8) is 0 Å². The number of ether oxygens (including phenoxy) is 1. The minimum atomic E-state index is -3.17. The van der Waals surface area contributed by atoms with Gasteiger partial charge in [-0.2, -0.15) is 0 Å². The molecule has 0 saturated carbocycles. The summed E-state index contributed by atoms with van der Waals surface area (Å²) in [5.41, 5.74) is 1.22. The van der Waals surface area contributed by atoms with Crippen molar-refractivity contribution < 1.29 is 13.2 Å². The van der Waals surface area contributed by atoms with E-state index in [2.05, 4.69) is 32.7 Å². The van der Waals surface area contributed by atoms with Crippen LogP contribution in [-0.2, 0) is 9.84 Å². The Labute approximate surface area is 169 Å². The van der Waals surface area contributed by atoms with Crippen LogP contribution in [0.15, 0.2) is 29.3 Å². The van der Waals surface area contributed by atoms with E-state index < -0.39 is 14.6 Å². The summed E-state index contributed by atoms with van der Waals surface area (Å²) < 4.78 is 28.2. The van der Waals surface area contributed by atoms with Crippen molar-refractivity contribution in [2.24, 2.45) is 4.99 Å². The van der Waals surface area contributed by atoms with Crippen molar-refractivity contribution in [3.8, 4) is 5.75 Å². The summed E-state index contributed by atoms with van der Waals surface area (Å²) in [7, 11) is 0.199. The number of nitrogens with zero attached hydrogens (tertiary/aromatic N) is 2. The molecule has 0 radical (unpaired) electrons. The molecular formula is C20H34N4O3S. The molecule has 28 heavy (non-hydrogen) atoms. The van der Waals surface area contributed by atoms with Gasteiger partial charge in [-0.05, 0) is 57.5 Å². The summed E-state index contributed by atoms with van der Waals surface area (Å²) in [6.45, 7) is 6.56. The molecule has 1 aliphatic heterocycles. The minimum absolute atomic E-state index is 0.217. The first-order chi connectivity index (χ1) is 13.2. The number of methoxy groups -OCH3 is 1. The summed E-state index contributed by atoms with van der Waals surface area (Å²) >= 11 is 0. The third kappa shape index (κ3) is 5.85. The molecule has 0 amide bonds. The van der Waals surface area contributed by atoms with Crippen molar-refractivity contribution >= 4 is 15.8 Å². The highest BCUT2D eigenvalue weighted by Crippen LogP contribution is 2.26. The summed E-state index contributed by atoms with van der Waals surface area (Å²) in [5, 5.41) is 6.52. The summed E-state index contributed by atoms with van der Waals surface area (Å²) in [6, 6.07) is 8.40. The first-order valence-corrected chi connectivity index (χ1v) is 11.6. The number of likely N-dealkylation sites (tertiary alicyclic amines) is 1. The van der Waals surface area contributed by atoms with Crippen molar-refractivity contribution in [3.05, 3.63) is 29.8 Å². The van der Waals surface area contributed by atoms with Gasteiger partial charge >= 0.3 is 0 Å². The fraction of sp³-hybridized carbons (Fsp3) is 0.650. The molecule has 0 aliphatic carbocycles. The minimum Gasteiger partial charge on any atom is -0.497 e. The second-order valence-electron chi connectivity index (χ2n) is 7.87. The number of hydrogen-bond donors (Lipinski definition) is 2. The van der Waals surface area contributed by atoms with Gasteiger partial charge in [-0.25, -0.2) is 8.42 Å². The molecule has 1 unspecified atom stereocenters. The predicted molar refractivity (Wildman–Crippen MR) is 115 cm³/mol. The molecule has 1 heterocycles. The molecular weight excluding hydrogens is 376 g/mol. The first-order valence-electron chi connectivity index (χ1n) is 9.70.